The zero-order valence-corrected chi connectivity index (χ0v) is 12.7. The van der Waals surface area contributed by atoms with E-state index >= 15 is 0 Å². The Balaban J connectivity index is 2.07. The Bertz CT molecular complexity index is 447. The van der Waals surface area contributed by atoms with Gasteiger partial charge in [0, 0.05) is 0 Å². The van der Waals surface area contributed by atoms with Gasteiger partial charge in [0.2, 0.25) is 5.91 Å². The van der Waals surface area contributed by atoms with Gasteiger partial charge in [0.15, 0.2) is 0 Å². The maximum atomic E-state index is 11.8. The molecule has 1 aliphatic carbocycles. The fraction of sp³-hybridized carbons (Fsp3) is 0.588. The first-order valence-corrected chi connectivity index (χ1v) is 7.62. The van der Waals surface area contributed by atoms with E-state index in [1.54, 1.807) is 6.92 Å². The van der Waals surface area contributed by atoms with Crippen LogP contribution in [0.2, 0.25) is 0 Å². The molecule has 2 rings (SSSR count). The number of carbonyl (C=O) groups excluding carboxylic acids is 1. The van der Waals surface area contributed by atoms with Crippen LogP contribution in [0, 0.1) is 11.8 Å². The molecular weight excluding hydrogens is 248 g/mol. The number of rotatable bonds is 6. The smallest absolute Gasteiger partial charge is 0.237 e. The molecule has 0 bridgehead atoms. The molecular formula is C17H26N2O. The summed E-state index contributed by atoms with van der Waals surface area (Å²) in [5.74, 6) is 1.18. The van der Waals surface area contributed by atoms with Crippen molar-refractivity contribution in [2.45, 2.75) is 52.1 Å². The third-order valence-corrected chi connectivity index (χ3v) is 3.79. The Hall–Kier alpha value is -1.35. The molecule has 0 saturated heterocycles. The van der Waals surface area contributed by atoms with Crippen molar-refractivity contribution >= 4 is 5.91 Å². The van der Waals surface area contributed by atoms with E-state index in [0.29, 0.717) is 11.8 Å². The topological polar surface area (TPSA) is 55.1 Å². The van der Waals surface area contributed by atoms with Crippen molar-refractivity contribution in [2.75, 3.05) is 0 Å². The number of nitrogens with two attached hydrogens (primary N) is 1. The first kappa shape index (κ1) is 15.0. The van der Waals surface area contributed by atoms with Gasteiger partial charge in [-0.3, -0.25) is 4.79 Å². The fourth-order valence-electron chi connectivity index (χ4n) is 2.52. The second kappa shape index (κ2) is 6.40. The zero-order valence-electron chi connectivity index (χ0n) is 12.7. The van der Waals surface area contributed by atoms with E-state index < -0.39 is 6.04 Å². The normalized spacial score (nSPS) is 17.9. The lowest BCUT2D eigenvalue weighted by Crippen LogP contribution is -2.40. The number of carbonyl (C=O) groups is 1. The van der Waals surface area contributed by atoms with Crippen LogP contribution in [0.15, 0.2) is 24.3 Å². The maximum Gasteiger partial charge on any atom is 0.237 e. The molecule has 1 aromatic rings. The SMILES string of the molecule is CC(C)Cc1ccc(C(NC(=O)[C@@H](C)N)C2CC2)cc1. The maximum absolute atomic E-state index is 11.8. The van der Waals surface area contributed by atoms with Crippen LogP contribution < -0.4 is 11.1 Å². The summed E-state index contributed by atoms with van der Waals surface area (Å²) >= 11 is 0. The Labute approximate surface area is 121 Å². The third kappa shape index (κ3) is 4.07. The lowest BCUT2D eigenvalue weighted by molar-refractivity contribution is -0.122. The van der Waals surface area contributed by atoms with E-state index in [0.717, 1.165) is 6.42 Å². The number of hydrogen-bond acceptors (Lipinski definition) is 2. The van der Waals surface area contributed by atoms with Crippen molar-refractivity contribution in [1.29, 1.82) is 0 Å². The second-order valence-corrected chi connectivity index (χ2v) is 6.45. The summed E-state index contributed by atoms with van der Waals surface area (Å²) in [7, 11) is 0. The van der Waals surface area contributed by atoms with Gasteiger partial charge in [-0.25, -0.2) is 0 Å². The Kier molecular flexibility index (Phi) is 4.81. The molecule has 110 valence electrons. The van der Waals surface area contributed by atoms with E-state index in [9.17, 15) is 4.79 Å². The van der Waals surface area contributed by atoms with E-state index in [1.807, 2.05) is 0 Å². The molecule has 3 heteroatoms. The van der Waals surface area contributed by atoms with Gasteiger partial charge in [0.25, 0.3) is 0 Å². The average Bonchev–Trinajstić information content (AvgIpc) is 3.20. The summed E-state index contributed by atoms with van der Waals surface area (Å²) in [5.41, 5.74) is 8.21. The van der Waals surface area contributed by atoms with Crippen LogP contribution in [-0.2, 0) is 11.2 Å². The standard InChI is InChI=1S/C17H26N2O/c1-11(2)10-13-4-6-14(7-5-13)16(15-8-9-15)19-17(20)12(3)18/h4-7,11-12,15-16H,8-10,18H2,1-3H3,(H,19,20)/t12-,16?/m1/s1. The van der Waals surface area contributed by atoms with Crippen molar-refractivity contribution < 1.29 is 4.79 Å². The molecule has 1 fully saturated rings. The predicted octanol–water partition coefficient (Wildman–Crippen LogP) is 2.80. The highest BCUT2D eigenvalue weighted by atomic mass is 16.2. The highest BCUT2D eigenvalue weighted by Gasteiger charge is 2.33. The second-order valence-electron chi connectivity index (χ2n) is 6.45. The van der Waals surface area contributed by atoms with Crippen LogP contribution in [0.1, 0.15) is 50.8 Å². The molecule has 1 unspecified atom stereocenters. The van der Waals surface area contributed by atoms with Gasteiger partial charge in [-0.05, 0) is 49.1 Å². The van der Waals surface area contributed by atoms with E-state index in [1.165, 1.54) is 24.0 Å². The van der Waals surface area contributed by atoms with Gasteiger partial charge in [0.1, 0.15) is 0 Å². The molecule has 1 aromatic carbocycles. The lowest BCUT2D eigenvalue weighted by Gasteiger charge is -2.20. The highest BCUT2D eigenvalue weighted by Crippen LogP contribution is 2.41. The van der Waals surface area contributed by atoms with Crippen LogP contribution in [0.5, 0.6) is 0 Å². The third-order valence-electron chi connectivity index (χ3n) is 3.79. The molecule has 3 N–H and O–H groups in total. The molecule has 1 aliphatic rings. The van der Waals surface area contributed by atoms with Gasteiger partial charge in [0.05, 0.1) is 12.1 Å². The van der Waals surface area contributed by atoms with Gasteiger partial charge in [-0.1, -0.05) is 38.1 Å². The van der Waals surface area contributed by atoms with Crippen molar-refractivity contribution in [3.63, 3.8) is 0 Å². The minimum absolute atomic E-state index is 0.0619. The minimum Gasteiger partial charge on any atom is -0.348 e. The fourth-order valence-corrected chi connectivity index (χ4v) is 2.52. The predicted molar refractivity (Wildman–Crippen MR) is 82.2 cm³/mol. The van der Waals surface area contributed by atoms with Gasteiger partial charge < -0.3 is 11.1 Å². The van der Waals surface area contributed by atoms with Crippen LogP contribution in [-0.4, -0.2) is 11.9 Å². The van der Waals surface area contributed by atoms with Crippen LogP contribution in [0.25, 0.3) is 0 Å². The van der Waals surface area contributed by atoms with Gasteiger partial charge in [-0.2, -0.15) is 0 Å². The van der Waals surface area contributed by atoms with Crippen LogP contribution in [0.3, 0.4) is 0 Å². The van der Waals surface area contributed by atoms with Crippen molar-refractivity contribution in [1.82, 2.24) is 5.32 Å². The largest absolute Gasteiger partial charge is 0.348 e. The molecule has 0 heterocycles. The number of hydrogen-bond donors (Lipinski definition) is 2. The van der Waals surface area contributed by atoms with Crippen molar-refractivity contribution in [3.8, 4) is 0 Å². The number of nitrogens with one attached hydrogen (secondary N) is 1. The summed E-state index contributed by atoms with van der Waals surface area (Å²) in [6, 6.07) is 8.36. The molecule has 20 heavy (non-hydrogen) atoms. The molecule has 0 aliphatic heterocycles. The summed E-state index contributed by atoms with van der Waals surface area (Å²) in [6.07, 6.45) is 3.48. The first-order valence-electron chi connectivity index (χ1n) is 7.62. The Morgan fingerprint density at radius 1 is 1.25 bits per heavy atom. The van der Waals surface area contributed by atoms with Gasteiger partial charge in [-0.15, -0.1) is 0 Å². The summed E-state index contributed by atoms with van der Waals surface area (Å²) in [4.78, 5) is 11.8. The number of benzene rings is 1. The number of amides is 1. The quantitative estimate of drug-likeness (QED) is 0.838. The van der Waals surface area contributed by atoms with Gasteiger partial charge >= 0.3 is 0 Å². The molecule has 0 spiro atoms. The van der Waals surface area contributed by atoms with E-state index in [2.05, 4.69) is 43.4 Å². The molecule has 2 atom stereocenters. The molecule has 3 nitrogen and oxygen atoms in total. The monoisotopic (exact) mass is 274 g/mol. The first-order chi connectivity index (χ1) is 9.47. The Morgan fingerprint density at radius 3 is 2.30 bits per heavy atom. The van der Waals surface area contributed by atoms with Crippen LogP contribution in [0.4, 0.5) is 0 Å². The van der Waals surface area contributed by atoms with Crippen molar-refractivity contribution in [3.05, 3.63) is 35.4 Å². The molecule has 0 aromatic heterocycles. The van der Waals surface area contributed by atoms with Crippen LogP contribution >= 0.6 is 0 Å². The molecule has 0 radical (unpaired) electrons. The lowest BCUT2D eigenvalue weighted by atomic mass is 9.97. The molecule has 1 amide bonds. The van der Waals surface area contributed by atoms with E-state index in [4.69, 9.17) is 5.73 Å². The zero-order chi connectivity index (χ0) is 14.7. The molecule has 1 saturated carbocycles. The summed E-state index contributed by atoms with van der Waals surface area (Å²) in [6.45, 7) is 6.18. The summed E-state index contributed by atoms with van der Waals surface area (Å²) < 4.78 is 0. The van der Waals surface area contributed by atoms with E-state index in [-0.39, 0.29) is 11.9 Å². The summed E-state index contributed by atoms with van der Waals surface area (Å²) in [5, 5.41) is 3.09. The van der Waals surface area contributed by atoms with Crippen molar-refractivity contribution in [2.24, 2.45) is 17.6 Å². The minimum atomic E-state index is -0.448. The average molecular weight is 274 g/mol. The highest BCUT2D eigenvalue weighted by molar-refractivity contribution is 5.81. The Morgan fingerprint density at radius 2 is 1.85 bits per heavy atom.